The van der Waals surface area contributed by atoms with Crippen LogP contribution in [0.1, 0.15) is 30.9 Å². The summed E-state index contributed by atoms with van der Waals surface area (Å²) in [5.74, 6) is -0.0274. The Morgan fingerprint density at radius 3 is 2.15 bits per heavy atom. The van der Waals surface area contributed by atoms with Crippen LogP contribution in [0.15, 0.2) is 47.4 Å². The molecule has 0 saturated carbocycles. The van der Waals surface area contributed by atoms with Crippen molar-refractivity contribution in [3.8, 4) is 0 Å². The van der Waals surface area contributed by atoms with E-state index in [2.05, 4.69) is 43.9 Å². The van der Waals surface area contributed by atoms with Crippen LogP contribution < -0.4 is 4.90 Å². The van der Waals surface area contributed by atoms with Crippen molar-refractivity contribution in [1.82, 2.24) is 4.31 Å². The standard InChI is InChI=1S/C20H25FN2O2S/c1-15(2)19-6-4-5-16(3)20(19)22-11-13-23(14-12-22)26(24,25)18-9-7-17(21)8-10-18/h4-10,15H,11-14H2,1-3H3. The Morgan fingerprint density at radius 1 is 0.962 bits per heavy atom. The third-order valence-corrected chi connectivity index (χ3v) is 6.81. The molecule has 1 fully saturated rings. The Labute approximate surface area is 155 Å². The van der Waals surface area contributed by atoms with E-state index in [4.69, 9.17) is 0 Å². The molecule has 1 aliphatic heterocycles. The lowest BCUT2D eigenvalue weighted by molar-refractivity contribution is 0.384. The normalized spacial score (nSPS) is 16.3. The molecule has 2 aromatic carbocycles. The summed E-state index contributed by atoms with van der Waals surface area (Å²) >= 11 is 0. The van der Waals surface area contributed by atoms with Gasteiger partial charge in [-0.2, -0.15) is 4.31 Å². The Morgan fingerprint density at radius 2 is 1.58 bits per heavy atom. The molecule has 1 saturated heterocycles. The van der Waals surface area contributed by atoms with Crippen molar-refractivity contribution in [2.24, 2.45) is 0 Å². The van der Waals surface area contributed by atoms with Gasteiger partial charge in [0.1, 0.15) is 5.82 Å². The molecule has 1 heterocycles. The fourth-order valence-corrected chi connectivity index (χ4v) is 4.91. The maximum absolute atomic E-state index is 13.1. The summed E-state index contributed by atoms with van der Waals surface area (Å²) in [5, 5.41) is 0. The van der Waals surface area contributed by atoms with E-state index in [1.54, 1.807) is 0 Å². The van der Waals surface area contributed by atoms with E-state index >= 15 is 0 Å². The molecule has 2 aromatic rings. The van der Waals surface area contributed by atoms with Gasteiger partial charge in [0.2, 0.25) is 10.0 Å². The van der Waals surface area contributed by atoms with Gasteiger partial charge >= 0.3 is 0 Å². The van der Waals surface area contributed by atoms with Crippen molar-refractivity contribution in [2.45, 2.75) is 31.6 Å². The van der Waals surface area contributed by atoms with Crippen molar-refractivity contribution in [3.63, 3.8) is 0 Å². The third kappa shape index (κ3) is 3.62. The molecule has 0 bridgehead atoms. The Balaban J connectivity index is 1.79. The van der Waals surface area contributed by atoms with Gasteiger partial charge in [-0.25, -0.2) is 12.8 Å². The second-order valence-corrected chi connectivity index (χ2v) is 8.95. The lowest BCUT2D eigenvalue weighted by atomic mass is 9.97. The second kappa shape index (κ2) is 7.37. The second-order valence-electron chi connectivity index (χ2n) is 7.01. The zero-order valence-electron chi connectivity index (χ0n) is 15.4. The molecule has 0 N–H and O–H groups in total. The van der Waals surface area contributed by atoms with E-state index in [1.807, 2.05) is 0 Å². The number of aryl methyl sites for hydroxylation is 1. The highest BCUT2D eigenvalue weighted by atomic mass is 32.2. The molecular formula is C20H25FN2O2S. The minimum Gasteiger partial charge on any atom is -0.368 e. The van der Waals surface area contributed by atoms with E-state index in [9.17, 15) is 12.8 Å². The van der Waals surface area contributed by atoms with Gasteiger partial charge in [0.15, 0.2) is 0 Å². The number of rotatable bonds is 4. The van der Waals surface area contributed by atoms with Crippen molar-refractivity contribution in [3.05, 3.63) is 59.4 Å². The topological polar surface area (TPSA) is 40.6 Å². The van der Waals surface area contributed by atoms with E-state index < -0.39 is 15.8 Å². The molecule has 0 atom stereocenters. The summed E-state index contributed by atoms with van der Waals surface area (Å²) in [6, 6.07) is 11.3. The highest BCUT2D eigenvalue weighted by Gasteiger charge is 2.29. The summed E-state index contributed by atoms with van der Waals surface area (Å²) in [6.07, 6.45) is 0. The molecule has 140 valence electrons. The van der Waals surface area contributed by atoms with Crippen LogP contribution in [0.2, 0.25) is 0 Å². The zero-order chi connectivity index (χ0) is 18.9. The van der Waals surface area contributed by atoms with Crippen molar-refractivity contribution >= 4 is 15.7 Å². The van der Waals surface area contributed by atoms with Gasteiger partial charge < -0.3 is 4.90 Å². The van der Waals surface area contributed by atoms with Crippen LogP contribution in [-0.2, 0) is 10.0 Å². The maximum Gasteiger partial charge on any atom is 0.243 e. The highest BCUT2D eigenvalue weighted by molar-refractivity contribution is 7.89. The molecule has 0 unspecified atom stereocenters. The van der Waals surface area contributed by atoms with Gasteiger partial charge in [0.25, 0.3) is 0 Å². The van der Waals surface area contributed by atoms with Gasteiger partial charge in [0.05, 0.1) is 4.90 Å². The molecule has 1 aliphatic rings. The molecule has 26 heavy (non-hydrogen) atoms. The first-order valence-corrected chi connectivity index (χ1v) is 10.3. The van der Waals surface area contributed by atoms with Crippen LogP contribution in [0, 0.1) is 12.7 Å². The molecule has 3 rings (SSSR count). The molecular weight excluding hydrogens is 351 g/mol. The van der Waals surface area contributed by atoms with Gasteiger partial charge in [-0.3, -0.25) is 0 Å². The average Bonchev–Trinajstić information content (AvgIpc) is 2.62. The number of benzene rings is 2. The number of sulfonamides is 1. The van der Waals surface area contributed by atoms with Crippen molar-refractivity contribution < 1.29 is 12.8 Å². The molecule has 4 nitrogen and oxygen atoms in total. The van der Waals surface area contributed by atoms with E-state index in [0.717, 1.165) is 0 Å². The number of halogens is 1. The van der Waals surface area contributed by atoms with Crippen LogP contribution in [0.3, 0.4) is 0 Å². The average molecular weight is 376 g/mol. The van der Waals surface area contributed by atoms with E-state index in [1.165, 1.54) is 45.4 Å². The summed E-state index contributed by atoms with van der Waals surface area (Å²) in [4.78, 5) is 2.42. The fourth-order valence-electron chi connectivity index (χ4n) is 3.49. The predicted molar refractivity (Wildman–Crippen MR) is 103 cm³/mol. The monoisotopic (exact) mass is 376 g/mol. The SMILES string of the molecule is Cc1cccc(C(C)C)c1N1CCN(S(=O)(=O)c2ccc(F)cc2)CC1. The highest BCUT2D eigenvalue weighted by Crippen LogP contribution is 2.32. The molecule has 0 amide bonds. The minimum atomic E-state index is -3.58. The van der Waals surface area contributed by atoms with E-state index in [-0.39, 0.29) is 4.90 Å². The zero-order valence-corrected chi connectivity index (χ0v) is 16.3. The van der Waals surface area contributed by atoms with Gasteiger partial charge in [0, 0.05) is 31.9 Å². The first kappa shape index (κ1) is 18.9. The molecule has 0 aliphatic carbocycles. The number of anilines is 1. The summed E-state index contributed by atoms with van der Waals surface area (Å²) in [5.41, 5.74) is 3.73. The first-order chi connectivity index (χ1) is 12.3. The summed E-state index contributed by atoms with van der Waals surface area (Å²) < 4.78 is 40.1. The number of hydrogen-bond donors (Lipinski definition) is 0. The lowest BCUT2D eigenvalue weighted by Crippen LogP contribution is -2.49. The van der Waals surface area contributed by atoms with Gasteiger partial charge in [-0.1, -0.05) is 32.0 Å². The van der Waals surface area contributed by atoms with Crippen LogP contribution in [-0.4, -0.2) is 38.9 Å². The van der Waals surface area contributed by atoms with Gasteiger partial charge in [-0.05, 0) is 48.2 Å². The third-order valence-electron chi connectivity index (χ3n) is 4.90. The molecule has 0 spiro atoms. The van der Waals surface area contributed by atoms with Crippen LogP contribution >= 0.6 is 0 Å². The predicted octanol–water partition coefficient (Wildman–Crippen LogP) is 3.77. The Bertz CT molecular complexity index is 871. The maximum atomic E-state index is 13.1. The smallest absolute Gasteiger partial charge is 0.243 e. The lowest BCUT2D eigenvalue weighted by Gasteiger charge is -2.37. The molecule has 6 heteroatoms. The fraction of sp³-hybridized carbons (Fsp3) is 0.400. The Hall–Kier alpha value is -1.92. The van der Waals surface area contributed by atoms with Crippen LogP contribution in [0.4, 0.5) is 10.1 Å². The minimum absolute atomic E-state index is 0.145. The quantitative estimate of drug-likeness (QED) is 0.816. The van der Waals surface area contributed by atoms with Crippen LogP contribution in [0.25, 0.3) is 0 Å². The summed E-state index contributed by atoms with van der Waals surface area (Å²) in [6.45, 7) is 8.58. The molecule has 0 aromatic heterocycles. The number of nitrogens with zero attached hydrogens (tertiary/aromatic N) is 2. The van der Waals surface area contributed by atoms with Crippen molar-refractivity contribution in [2.75, 3.05) is 31.1 Å². The number of hydrogen-bond acceptors (Lipinski definition) is 3. The number of piperazine rings is 1. The Kier molecular flexibility index (Phi) is 5.34. The van der Waals surface area contributed by atoms with Crippen molar-refractivity contribution in [1.29, 1.82) is 0 Å². The number of para-hydroxylation sites is 1. The van der Waals surface area contributed by atoms with Gasteiger partial charge in [-0.15, -0.1) is 0 Å². The summed E-state index contributed by atoms with van der Waals surface area (Å²) in [7, 11) is -3.58. The largest absolute Gasteiger partial charge is 0.368 e. The first-order valence-electron chi connectivity index (χ1n) is 8.91. The van der Waals surface area contributed by atoms with Crippen LogP contribution in [0.5, 0.6) is 0 Å². The van der Waals surface area contributed by atoms with E-state index in [0.29, 0.717) is 32.1 Å². The molecule has 0 radical (unpaired) electrons.